The zero-order valence-corrected chi connectivity index (χ0v) is 20.6. The van der Waals surface area contributed by atoms with Crippen molar-refractivity contribution in [3.63, 3.8) is 0 Å². The second-order valence-corrected chi connectivity index (χ2v) is 10.7. The van der Waals surface area contributed by atoms with Gasteiger partial charge in [0, 0.05) is 41.5 Å². The first-order valence-electron chi connectivity index (χ1n) is 12.3. The number of hydrogen-bond donors (Lipinski definition) is 1. The lowest BCUT2D eigenvalue weighted by molar-refractivity contribution is -0.116. The van der Waals surface area contributed by atoms with Crippen LogP contribution in [0.25, 0.3) is 10.9 Å². The van der Waals surface area contributed by atoms with Crippen molar-refractivity contribution in [1.82, 2.24) is 9.88 Å². The molecule has 6 heteroatoms. The van der Waals surface area contributed by atoms with Gasteiger partial charge in [0.25, 0.3) is 0 Å². The van der Waals surface area contributed by atoms with Crippen molar-refractivity contribution in [2.24, 2.45) is 0 Å². The standard InChI is InChI=1S/C27H34N4OS/c1-19-15-26(31-13-9-23(10-14-31)30-11-3-4-12-30)29-25-7-6-22(17-24(19)25)28-27(32)8-5-21-16-20(2)33-18-21/h6-7,15-18,23H,3-5,8-14H2,1-2H3,(H,28,32). The van der Waals surface area contributed by atoms with Gasteiger partial charge in [0.2, 0.25) is 5.91 Å². The van der Waals surface area contributed by atoms with E-state index in [2.05, 4.69) is 52.5 Å². The Morgan fingerprint density at radius 2 is 1.88 bits per heavy atom. The minimum atomic E-state index is 0.0568. The lowest BCUT2D eigenvalue weighted by Crippen LogP contribution is -2.44. The van der Waals surface area contributed by atoms with Crippen LogP contribution in [0.5, 0.6) is 0 Å². The number of piperidine rings is 1. The Morgan fingerprint density at radius 3 is 2.61 bits per heavy atom. The molecule has 0 atom stereocenters. The summed E-state index contributed by atoms with van der Waals surface area (Å²) in [7, 11) is 0. The van der Waals surface area contributed by atoms with Gasteiger partial charge in [-0.05, 0) is 106 Å². The highest BCUT2D eigenvalue weighted by atomic mass is 32.1. The first kappa shape index (κ1) is 22.4. The molecule has 0 bridgehead atoms. The first-order chi connectivity index (χ1) is 16.0. The van der Waals surface area contributed by atoms with E-state index in [4.69, 9.17) is 4.98 Å². The van der Waals surface area contributed by atoms with E-state index in [9.17, 15) is 4.79 Å². The Kier molecular flexibility index (Phi) is 6.65. The number of pyridine rings is 1. The molecule has 0 radical (unpaired) electrons. The van der Waals surface area contributed by atoms with E-state index in [0.717, 1.165) is 48.0 Å². The van der Waals surface area contributed by atoms with Gasteiger partial charge < -0.3 is 15.1 Å². The van der Waals surface area contributed by atoms with E-state index in [0.29, 0.717) is 6.42 Å². The predicted molar refractivity (Wildman–Crippen MR) is 139 cm³/mol. The topological polar surface area (TPSA) is 48.5 Å². The summed E-state index contributed by atoms with van der Waals surface area (Å²) in [6, 6.07) is 11.2. The quantitative estimate of drug-likeness (QED) is 0.522. The van der Waals surface area contributed by atoms with Crippen LogP contribution >= 0.6 is 11.3 Å². The van der Waals surface area contributed by atoms with E-state index in [1.165, 1.54) is 54.8 Å². The third-order valence-electron chi connectivity index (χ3n) is 7.16. The van der Waals surface area contributed by atoms with Gasteiger partial charge in [-0.3, -0.25) is 4.79 Å². The van der Waals surface area contributed by atoms with Gasteiger partial charge in [-0.25, -0.2) is 4.98 Å². The van der Waals surface area contributed by atoms with E-state index in [1.54, 1.807) is 11.3 Å². The molecule has 0 saturated carbocycles. The van der Waals surface area contributed by atoms with Gasteiger partial charge >= 0.3 is 0 Å². The fourth-order valence-corrected chi connectivity index (χ4v) is 6.04. The molecule has 33 heavy (non-hydrogen) atoms. The summed E-state index contributed by atoms with van der Waals surface area (Å²) in [6.07, 6.45) is 6.47. The Morgan fingerprint density at radius 1 is 1.09 bits per heavy atom. The van der Waals surface area contributed by atoms with Gasteiger partial charge in [0.05, 0.1) is 5.52 Å². The van der Waals surface area contributed by atoms with Gasteiger partial charge in [0.1, 0.15) is 5.82 Å². The second kappa shape index (κ2) is 9.82. The third-order valence-corrected chi connectivity index (χ3v) is 8.07. The highest BCUT2D eigenvalue weighted by Gasteiger charge is 2.27. The van der Waals surface area contributed by atoms with E-state index in [1.807, 2.05) is 12.1 Å². The molecule has 2 saturated heterocycles. The third kappa shape index (κ3) is 5.22. The van der Waals surface area contributed by atoms with Gasteiger partial charge in [0.15, 0.2) is 0 Å². The van der Waals surface area contributed by atoms with Crippen LogP contribution in [-0.4, -0.2) is 48.0 Å². The second-order valence-electron chi connectivity index (χ2n) is 9.60. The molecule has 1 amide bonds. The van der Waals surface area contributed by atoms with E-state index in [-0.39, 0.29) is 5.91 Å². The Labute approximate surface area is 200 Å². The normalized spacial score (nSPS) is 17.7. The minimum absolute atomic E-state index is 0.0568. The summed E-state index contributed by atoms with van der Waals surface area (Å²) in [6.45, 7) is 8.97. The molecule has 1 N–H and O–H groups in total. The lowest BCUT2D eigenvalue weighted by atomic mass is 10.0. The van der Waals surface area contributed by atoms with Crippen molar-refractivity contribution in [2.45, 2.75) is 58.4 Å². The molecular formula is C27H34N4OS. The average Bonchev–Trinajstić information content (AvgIpc) is 3.50. The zero-order chi connectivity index (χ0) is 22.8. The molecule has 0 unspecified atom stereocenters. The maximum absolute atomic E-state index is 12.5. The number of carbonyl (C=O) groups excluding carboxylic acids is 1. The molecule has 2 aromatic heterocycles. The largest absolute Gasteiger partial charge is 0.356 e. The number of fused-ring (bicyclic) bond motifs is 1. The van der Waals surface area contributed by atoms with E-state index >= 15 is 0 Å². The number of carbonyl (C=O) groups is 1. The lowest BCUT2D eigenvalue weighted by Gasteiger charge is -2.37. The Bertz CT molecular complexity index is 1130. The number of aryl methyl sites for hydroxylation is 3. The van der Waals surface area contributed by atoms with Crippen LogP contribution in [0.3, 0.4) is 0 Å². The number of aromatic nitrogens is 1. The van der Waals surface area contributed by atoms with Gasteiger partial charge in [-0.1, -0.05) is 0 Å². The average molecular weight is 463 g/mol. The number of thiophene rings is 1. The molecule has 2 aliphatic rings. The molecule has 1 aromatic carbocycles. The molecule has 5 rings (SSSR count). The molecule has 4 heterocycles. The van der Waals surface area contributed by atoms with Crippen molar-refractivity contribution in [3.05, 3.63) is 51.7 Å². The maximum atomic E-state index is 12.5. The van der Waals surface area contributed by atoms with Crippen LogP contribution in [0.1, 0.15) is 48.1 Å². The number of nitrogens with one attached hydrogen (secondary N) is 1. The molecular weight excluding hydrogens is 428 g/mol. The number of benzene rings is 1. The van der Waals surface area contributed by atoms with Crippen LogP contribution in [0, 0.1) is 13.8 Å². The van der Waals surface area contributed by atoms with Crippen molar-refractivity contribution < 1.29 is 4.79 Å². The van der Waals surface area contributed by atoms with Crippen molar-refractivity contribution in [2.75, 3.05) is 36.4 Å². The number of hydrogen-bond acceptors (Lipinski definition) is 5. The summed E-state index contributed by atoms with van der Waals surface area (Å²) in [5.41, 5.74) is 4.29. The number of amides is 1. The van der Waals surface area contributed by atoms with Crippen molar-refractivity contribution >= 4 is 39.7 Å². The highest BCUT2D eigenvalue weighted by Crippen LogP contribution is 2.28. The monoisotopic (exact) mass is 462 g/mol. The summed E-state index contributed by atoms with van der Waals surface area (Å²) >= 11 is 1.74. The number of rotatable bonds is 6. The maximum Gasteiger partial charge on any atom is 0.224 e. The van der Waals surface area contributed by atoms with Gasteiger partial charge in [-0.15, -0.1) is 11.3 Å². The Hall–Kier alpha value is -2.44. The van der Waals surface area contributed by atoms with Crippen LogP contribution in [0.15, 0.2) is 35.7 Å². The zero-order valence-electron chi connectivity index (χ0n) is 19.8. The Balaban J connectivity index is 1.22. The molecule has 3 aromatic rings. The minimum Gasteiger partial charge on any atom is -0.356 e. The van der Waals surface area contributed by atoms with Crippen LogP contribution in [-0.2, 0) is 11.2 Å². The summed E-state index contributed by atoms with van der Waals surface area (Å²) in [5.74, 6) is 1.14. The summed E-state index contributed by atoms with van der Waals surface area (Å²) < 4.78 is 0. The summed E-state index contributed by atoms with van der Waals surface area (Å²) in [5, 5.41) is 6.32. The fraction of sp³-hybridized carbons (Fsp3) is 0.481. The van der Waals surface area contributed by atoms with Crippen molar-refractivity contribution in [1.29, 1.82) is 0 Å². The summed E-state index contributed by atoms with van der Waals surface area (Å²) in [4.78, 5) is 23.9. The smallest absolute Gasteiger partial charge is 0.224 e. The molecule has 0 aliphatic carbocycles. The first-order valence-corrected chi connectivity index (χ1v) is 13.2. The SMILES string of the molecule is Cc1cc(CCC(=O)Nc2ccc3nc(N4CCC(N5CCCC5)CC4)cc(C)c3c2)cs1. The molecule has 174 valence electrons. The molecule has 0 spiro atoms. The molecule has 5 nitrogen and oxygen atoms in total. The number of nitrogens with zero attached hydrogens (tertiary/aromatic N) is 3. The molecule has 2 aliphatic heterocycles. The fourth-order valence-electron chi connectivity index (χ4n) is 5.29. The predicted octanol–water partition coefficient (Wildman–Crippen LogP) is 5.55. The highest BCUT2D eigenvalue weighted by molar-refractivity contribution is 7.10. The van der Waals surface area contributed by atoms with Crippen LogP contribution in [0.2, 0.25) is 0 Å². The number of anilines is 2. The van der Waals surface area contributed by atoms with E-state index < -0.39 is 0 Å². The van der Waals surface area contributed by atoms with Crippen LogP contribution < -0.4 is 10.2 Å². The van der Waals surface area contributed by atoms with Crippen molar-refractivity contribution in [3.8, 4) is 0 Å². The van der Waals surface area contributed by atoms with Gasteiger partial charge in [-0.2, -0.15) is 0 Å². The van der Waals surface area contributed by atoms with Crippen LogP contribution in [0.4, 0.5) is 11.5 Å². The number of likely N-dealkylation sites (tertiary alicyclic amines) is 1. The molecule has 2 fully saturated rings.